The van der Waals surface area contributed by atoms with Crippen LogP contribution in [-0.2, 0) is 6.42 Å². The second-order valence-corrected chi connectivity index (χ2v) is 2.79. The van der Waals surface area contributed by atoms with Gasteiger partial charge in [0.25, 0.3) is 0 Å². The van der Waals surface area contributed by atoms with E-state index in [9.17, 15) is 9.18 Å². The van der Waals surface area contributed by atoms with Crippen LogP contribution in [0.2, 0.25) is 0 Å². The van der Waals surface area contributed by atoms with Gasteiger partial charge in [-0.1, -0.05) is 12.1 Å². The van der Waals surface area contributed by atoms with Crippen molar-refractivity contribution in [1.29, 1.82) is 0 Å². The monoisotopic (exact) mass is 182 g/mol. The largest absolute Gasteiger partial charge is 0.478 e. The Morgan fingerprint density at radius 3 is 2.38 bits per heavy atom. The highest BCUT2D eigenvalue weighted by atomic mass is 19.1. The Hall–Kier alpha value is -1.38. The first kappa shape index (κ1) is 9.71. The van der Waals surface area contributed by atoms with E-state index in [0.717, 1.165) is 5.56 Å². The highest BCUT2D eigenvalue weighted by molar-refractivity contribution is 5.87. The zero-order valence-electron chi connectivity index (χ0n) is 7.16. The molecular weight excluding hydrogens is 171 g/mol. The maximum atomic E-state index is 11.8. The van der Waals surface area contributed by atoms with Crippen LogP contribution in [0.5, 0.6) is 0 Å². The minimum absolute atomic E-state index is 0.268. The molecule has 3 heteroatoms. The third-order valence-corrected chi connectivity index (χ3v) is 1.80. The van der Waals surface area contributed by atoms with Crippen molar-refractivity contribution in [1.82, 2.24) is 0 Å². The van der Waals surface area contributed by atoms with Gasteiger partial charge in [-0.25, -0.2) is 4.79 Å². The molecule has 0 radical (unpaired) electrons. The molecule has 0 unspecified atom stereocenters. The van der Waals surface area contributed by atoms with Gasteiger partial charge in [0.15, 0.2) is 0 Å². The molecule has 2 nitrogen and oxygen atoms in total. The predicted molar refractivity (Wildman–Crippen MR) is 47.7 cm³/mol. The lowest BCUT2D eigenvalue weighted by atomic mass is 10.1. The Kier molecular flexibility index (Phi) is 3.43. The first-order valence-electron chi connectivity index (χ1n) is 4.12. The first-order valence-corrected chi connectivity index (χ1v) is 4.12. The van der Waals surface area contributed by atoms with E-state index in [1.54, 1.807) is 12.1 Å². The zero-order valence-corrected chi connectivity index (χ0v) is 7.16. The van der Waals surface area contributed by atoms with Crippen LogP contribution in [0.15, 0.2) is 24.3 Å². The van der Waals surface area contributed by atoms with E-state index in [4.69, 9.17) is 5.11 Å². The fraction of sp³-hybridized carbons (Fsp3) is 0.300. The number of aryl methyl sites for hydroxylation is 1. The number of aromatic carboxylic acids is 1. The Labute approximate surface area is 76.0 Å². The molecule has 0 atom stereocenters. The lowest BCUT2D eigenvalue weighted by Gasteiger charge is -1.99. The standard InChI is InChI=1S/C10H11FO2/c11-7-1-2-8-3-5-9(6-4-8)10(12)13/h3-6H,1-2,7H2,(H,12,13). The molecule has 0 bridgehead atoms. The smallest absolute Gasteiger partial charge is 0.335 e. The number of hydrogen-bond acceptors (Lipinski definition) is 1. The lowest BCUT2D eigenvalue weighted by molar-refractivity contribution is 0.0697. The summed E-state index contributed by atoms with van der Waals surface area (Å²) in [6.07, 6.45) is 1.16. The number of hydrogen-bond donors (Lipinski definition) is 1. The average molecular weight is 182 g/mol. The molecule has 0 aliphatic rings. The summed E-state index contributed by atoms with van der Waals surface area (Å²) in [5.41, 5.74) is 1.24. The fourth-order valence-corrected chi connectivity index (χ4v) is 1.08. The normalized spacial score (nSPS) is 9.92. The Bertz CT molecular complexity index is 279. The predicted octanol–water partition coefficient (Wildman–Crippen LogP) is 2.29. The second kappa shape index (κ2) is 4.60. The number of carboxylic acids is 1. The van der Waals surface area contributed by atoms with Crippen LogP contribution in [0, 0.1) is 0 Å². The number of alkyl halides is 1. The number of carboxylic acid groups (broad SMARTS) is 1. The summed E-state index contributed by atoms with van der Waals surface area (Å²) in [5.74, 6) is -0.933. The summed E-state index contributed by atoms with van der Waals surface area (Å²) in [6, 6.07) is 6.52. The molecule has 70 valence electrons. The topological polar surface area (TPSA) is 37.3 Å². The van der Waals surface area contributed by atoms with Crippen molar-refractivity contribution in [2.75, 3.05) is 6.67 Å². The van der Waals surface area contributed by atoms with Gasteiger partial charge in [0.05, 0.1) is 12.2 Å². The van der Waals surface area contributed by atoms with Crippen LogP contribution in [0.25, 0.3) is 0 Å². The highest BCUT2D eigenvalue weighted by Crippen LogP contribution is 2.06. The summed E-state index contributed by atoms with van der Waals surface area (Å²) in [6.45, 7) is -0.333. The maximum Gasteiger partial charge on any atom is 0.335 e. The minimum Gasteiger partial charge on any atom is -0.478 e. The number of carbonyl (C=O) groups is 1. The van der Waals surface area contributed by atoms with E-state index >= 15 is 0 Å². The van der Waals surface area contributed by atoms with Gasteiger partial charge in [0.1, 0.15) is 0 Å². The van der Waals surface area contributed by atoms with Crippen molar-refractivity contribution in [3.05, 3.63) is 35.4 Å². The van der Waals surface area contributed by atoms with Crippen molar-refractivity contribution in [3.63, 3.8) is 0 Å². The van der Waals surface area contributed by atoms with E-state index in [1.807, 2.05) is 0 Å². The van der Waals surface area contributed by atoms with Crippen molar-refractivity contribution in [2.24, 2.45) is 0 Å². The molecule has 0 spiro atoms. The minimum atomic E-state index is -0.933. The molecule has 1 aromatic rings. The SMILES string of the molecule is O=C(O)c1ccc(CCCF)cc1. The molecule has 0 aromatic heterocycles. The van der Waals surface area contributed by atoms with Gasteiger partial charge < -0.3 is 5.11 Å². The van der Waals surface area contributed by atoms with Gasteiger partial charge in [0.2, 0.25) is 0 Å². The van der Waals surface area contributed by atoms with Crippen molar-refractivity contribution < 1.29 is 14.3 Å². The molecule has 1 aromatic carbocycles. The number of rotatable bonds is 4. The Balaban J connectivity index is 2.64. The summed E-state index contributed by atoms with van der Waals surface area (Å²) in [4.78, 5) is 10.5. The van der Waals surface area contributed by atoms with E-state index < -0.39 is 5.97 Å². The van der Waals surface area contributed by atoms with E-state index in [1.165, 1.54) is 12.1 Å². The van der Waals surface area contributed by atoms with Gasteiger partial charge in [0, 0.05) is 0 Å². The van der Waals surface area contributed by atoms with Crippen LogP contribution >= 0.6 is 0 Å². The molecule has 0 heterocycles. The Morgan fingerprint density at radius 2 is 1.92 bits per heavy atom. The molecule has 0 aliphatic carbocycles. The zero-order chi connectivity index (χ0) is 9.68. The van der Waals surface area contributed by atoms with Gasteiger partial charge in [-0.3, -0.25) is 4.39 Å². The second-order valence-electron chi connectivity index (χ2n) is 2.79. The van der Waals surface area contributed by atoms with Crippen LogP contribution in [0.1, 0.15) is 22.3 Å². The molecule has 1 N–H and O–H groups in total. The van der Waals surface area contributed by atoms with Gasteiger partial charge >= 0.3 is 5.97 Å². The van der Waals surface area contributed by atoms with Gasteiger partial charge in [-0.05, 0) is 30.5 Å². The van der Waals surface area contributed by atoms with Crippen LogP contribution in [-0.4, -0.2) is 17.8 Å². The fourth-order valence-electron chi connectivity index (χ4n) is 1.08. The Morgan fingerprint density at radius 1 is 1.31 bits per heavy atom. The van der Waals surface area contributed by atoms with Crippen molar-refractivity contribution in [2.45, 2.75) is 12.8 Å². The summed E-state index contributed by atoms with van der Waals surface area (Å²) < 4.78 is 11.8. The van der Waals surface area contributed by atoms with Crippen molar-refractivity contribution >= 4 is 5.97 Å². The quantitative estimate of drug-likeness (QED) is 0.775. The van der Waals surface area contributed by atoms with Crippen molar-refractivity contribution in [3.8, 4) is 0 Å². The van der Waals surface area contributed by atoms with Crippen LogP contribution < -0.4 is 0 Å². The lowest BCUT2D eigenvalue weighted by Crippen LogP contribution is -1.96. The summed E-state index contributed by atoms with van der Waals surface area (Å²) >= 11 is 0. The highest BCUT2D eigenvalue weighted by Gasteiger charge is 2.00. The number of halogens is 1. The third-order valence-electron chi connectivity index (χ3n) is 1.80. The average Bonchev–Trinajstić information content (AvgIpc) is 2.15. The van der Waals surface area contributed by atoms with Crippen LogP contribution in [0.3, 0.4) is 0 Å². The van der Waals surface area contributed by atoms with E-state index in [0.29, 0.717) is 12.8 Å². The van der Waals surface area contributed by atoms with Crippen LogP contribution in [0.4, 0.5) is 4.39 Å². The number of benzene rings is 1. The molecular formula is C10H11FO2. The summed E-state index contributed by atoms with van der Waals surface area (Å²) in [7, 11) is 0. The first-order chi connectivity index (χ1) is 6.24. The molecule has 0 saturated heterocycles. The van der Waals surface area contributed by atoms with Gasteiger partial charge in [-0.15, -0.1) is 0 Å². The molecule has 0 amide bonds. The van der Waals surface area contributed by atoms with E-state index in [-0.39, 0.29) is 12.2 Å². The van der Waals surface area contributed by atoms with Gasteiger partial charge in [-0.2, -0.15) is 0 Å². The molecule has 1 rings (SSSR count). The molecule has 0 saturated carbocycles. The summed E-state index contributed by atoms with van der Waals surface area (Å²) in [5, 5.41) is 8.59. The maximum absolute atomic E-state index is 11.8. The molecule has 13 heavy (non-hydrogen) atoms. The van der Waals surface area contributed by atoms with E-state index in [2.05, 4.69) is 0 Å². The molecule has 0 aliphatic heterocycles. The third kappa shape index (κ3) is 2.86. The molecule has 0 fully saturated rings.